The number of nitrogens with one attached hydrogen (secondary N) is 1. The van der Waals surface area contributed by atoms with E-state index in [9.17, 15) is 19.7 Å². The van der Waals surface area contributed by atoms with Gasteiger partial charge < -0.3 is 10.2 Å². The number of halogens is 1. The third-order valence-electron chi connectivity index (χ3n) is 4.77. The second-order valence-electron chi connectivity index (χ2n) is 7.12. The van der Waals surface area contributed by atoms with Crippen LogP contribution in [0.2, 0.25) is 5.02 Å². The molecule has 3 rings (SSSR count). The van der Waals surface area contributed by atoms with Crippen LogP contribution in [0.25, 0.3) is 0 Å². The van der Waals surface area contributed by atoms with E-state index >= 15 is 0 Å². The van der Waals surface area contributed by atoms with Crippen LogP contribution >= 0.6 is 11.6 Å². The quantitative estimate of drug-likeness (QED) is 0.496. The summed E-state index contributed by atoms with van der Waals surface area (Å²) >= 11 is 6.05. The molecule has 7 nitrogen and oxygen atoms in total. The van der Waals surface area contributed by atoms with Gasteiger partial charge >= 0.3 is 0 Å². The maximum atomic E-state index is 13.1. The number of anilines is 1. The predicted molar refractivity (Wildman–Crippen MR) is 111 cm³/mol. The monoisotopic (exact) mass is 415 g/mol. The number of non-ortho nitro benzene ring substituents is 1. The first-order valence-corrected chi connectivity index (χ1v) is 9.92. The molecule has 1 N–H and O–H groups in total. The molecule has 1 aliphatic rings. The molecule has 0 atom stereocenters. The summed E-state index contributed by atoms with van der Waals surface area (Å²) in [7, 11) is 0. The maximum Gasteiger partial charge on any atom is 0.270 e. The van der Waals surface area contributed by atoms with E-state index in [1.807, 2.05) is 11.8 Å². The van der Waals surface area contributed by atoms with Crippen LogP contribution in [0, 0.1) is 16.0 Å². The fourth-order valence-corrected chi connectivity index (χ4v) is 3.36. The van der Waals surface area contributed by atoms with Crippen molar-refractivity contribution in [2.75, 3.05) is 18.4 Å². The molecular weight excluding hydrogens is 394 g/mol. The highest BCUT2D eigenvalue weighted by molar-refractivity contribution is 6.34. The molecule has 1 fully saturated rings. The van der Waals surface area contributed by atoms with E-state index < -0.39 is 10.8 Å². The molecule has 1 aliphatic carbocycles. The molecule has 29 heavy (non-hydrogen) atoms. The lowest BCUT2D eigenvalue weighted by Crippen LogP contribution is -2.34. The summed E-state index contributed by atoms with van der Waals surface area (Å²) in [5.74, 6) is -0.0926. The number of nitro benzene ring substituents is 1. The molecule has 0 heterocycles. The predicted octanol–water partition coefficient (Wildman–Crippen LogP) is 4.76. The van der Waals surface area contributed by atoms with Gasteiger partial charge in [0.15, 0.2) is 0 Å². The number of nitrogens with zero attached hydrogens (tertiary/aromatic N) is 2. The topological polar surface area (TPSA) is 92.6 Å². The molecule has 0 spiro atoms. The van der Waals surface area contributed by atoms with Crippen LogP contribution in [-0.2, 0) is 0 Å². The Hall–Kier alpha value is -2.93. The zero-order chi connectivity index (χ0) is 21.0. The summed E-state index contributed by atoms with van der Waals surface area (Å²) in [6.45, 7) is 3.41. The Morgan fingerprint density at radius 2 is 1.93 bits per heavy atom. The largest absolute Gasteiger partial charge is 0.338 e. The molecule has 0 aromatic heterocycles. The summed E-state index contributed by atoms with van der Waals surface area (Å²) in [6.07, 6.45) is 3.14. The van der Waals surface area contributed by atoms with Crippen molar-refractivity contribution in [3.63, 3.8) is 0 Å². The smallest absolute Gasteiger partial charge is 0.270 e. The number of rotatable bonds is 8. The van der Waals surface area contributed by atoms with E-state index in [4.69, 9.17) is 11.6 Å². The van der Waals surface area contributed by atoms with Crippen LogP contribution in [0.3, 0.4) is 0 Å². The molecule has 152 valence electrons. The first kappa shape index (κ1) is 20.8. The van der Waals surface area contributed by atoms with E-state index in [0.717, 1.165) is 31.9 Å². The van der Waals surface area contributed by atoms with Gasteiger partial charge in [0.1, 0.15) is 0 Å². The second kappa shape index (κ2) is 9.05. The van der Waals surface area contributed by atoms with Crippen LogP contribution in [0.5, 0.6) is 0 Å². The fourth-order valence-electron chi connectivity index (χ4n) is 3.10. The minimum atomic E-state index is -0.580. The Balaban J connectivity index is 1.82. The molecule has 2 aromatic rings. The van der Waals surface area contributed by atoms with E-state index in [0.29, 0.717) is 23.7 Å². The molecule has 0 unspecified atom stereocenters. The Labute approximate surface area is 173 Å². The van der Waals surface area contributed by atoms with Gasteiger partial charge in [0.05, 0.1) is 26.8 Å². The van der Waals surface area contributed by atoms with Crippen molar-refractivity contribution in [1.82, 2.24) is 4.90 Å². The number of nitro groups is 1. The van der Waals surface area contributed by atoms with Gasteiger partial charge in [-0.1, -0.05) is 30.7 Å². The minimum Gasteiger partial charge on any atom is -0.338 e. The highest BCUT2D eigenvalue weighted by atomic mass is 35.5. The van der Waals surface area contributed by atoms with Crippen LogP contribution < -0.4 is 5.32 Å². The van der Waals surface area contributed by atoms with E-state index in [2.05, 4.69) is 5.32 Å². The average molecular weight is 416 g/mol. The standard InChI is InChI=1S/C21H22ClN3O4/c1-2-11-24(13-14-7-8-14)21(27)17-5-3-4-6-19(17)23-20(26)16-10-9-15(25(28)29)12-18(16)22/h3-6,9-10,12,14H,2,7-8,11,13H2,1H3,(H,23,26). The second-order valence-corrected chi connectivity index (χ2v) is 7.52. The van der Waals surface area contributed by atoms with Crippen molar-refractivity contribution in [3.8, 4) is 0 Å². The van der Waals surface area contributed by atoms with Gasteiger partial charge in [-0.2, -0.15) is 0 Å². The van der Waals surface area contributed by atoms with Crippen LogP contribution in [0.4, 0.5) is 11.4 Å². The lowest BCUT2D eigenvalue weighted by Gasteiger charge is -2.23. The normalized spacial score (nSPS) is 13.0. The molecule has 8 heteroatoms. The van der Waals surface area contributed by atoms with Crippen LogP contribution in [0.1, 0.15) is 46.9 Å². The summed E-state index contributed by atoms with van der Waals surface area (Å²) < 4.78 is 0. The van der Waals surface area contributed by atoms with Gasteiger partial charge in [-0.25, -0.2) is 0 Å². The number of amides is 2. The molecule has 0 radical (unpaired) electrons. The molecule has 2 amide bonds. The van der Waals surface area contributed by atoms with Crippen molar-refractivity contribution in [3.05, 3.63) is 68.7 Å². The Morgan fingerprint density at radius 1 is 1.21 bits per heavy atom. The number of benzene rings is 2. The van der Waals surface area contributed by atoms with Gasteiger partial charge in [0, 0.05) is 25.2 Å². The highest BCUT2D eigenvalue weighted by Gasteiger charge is 2.28. The number of carbonyl (C=O) groups excluding carboxylic acids is 2. The highest BCUT2D eigenvalue weighted by Crippen LogP contribution is 2.31. The first-order valence-electron chi connectivity index (χ1n) is 9.54. The van der Waals surface area contributed by atoms with Crippen molar-refractivity contribution in [2.45, 2.75) is 26.2 Å². The summed E-state index contributed by atoms with van der Waals surface area (Å²) in [6, 6.07) is 10.5. The summed E-state index contributed by atoms with van der Waals surface area (Å²) in [5, 5.41) is 13.5. The van der Waals surface area contributed by atoms with Crippen LogP contribution in [0.15, 0.2) is 42.5 Å². The number of para-hydroxylation sites is 1. The maximum absolute atomic E-state index is 13.1. The average Bonchev–Trinajstić information content (AvgIpc) is 3.51. The molecule has 0 saturated heterocycles. The number of carbonyl (C=O) groups is 2. The zero-order valence-corrected chi connectivity index (χ0v) is 16.8. The molecule has 0 bridgehead atoms. The van der Waals surface area contributed by atoms with E-state index in [1.165, 1.54) is 12.1 Å². The van der Waals surface area contributed by atoms with Crippen molar-refractivity contribution in [2.24, 2.45) is 5.92 Å². The Bertz CT molecular complexity index is 943. The van der Waals surface area contributed by atoms with Crippen molar-refractivity contribution >= 4 is 34.8 Å². The van der Waals surface area contributed by atoms with Gasteiger partial charge in [0.25, 0.3) is 17.5 Å². The van der Waals surface area contributed by atoms with Gasteiger partial charge in [0.2, 0.25) is 0 Å². The lowest BCUT2D eigenvalue weighted by molar-refractivity contribution is -0.384. The third-order valence-corrected chi connectivity index (χ3v) is 5.08. The van der Waals surface area contributed by atoms with Gasteiger partial charge in [-0.15, -0.1) is 0 Å². The van der Waals surface area contributed by atoms with Crippen LogP contribution in [-0.4, -0.2) is 34.7 Å². The summed E-state index contributed by atoms with van der Waals surface area (Å²) in [5.41, 5.74) is 0.696. The lowest BCUT2D eigenvalue weighted by atomic mass is 10.1. The minimum absolute atomic E-state index is 0.0261. The third kappa shape index (κ3) is 5.12. The molecule has 0 aliphatic heterocycles. The summed E-state index contributed by atoms with van der Waals surface area (Å²) in [4.78, 5) is 37.9. The fraction of sp³-hybridized carbons (Fsp3) is 0.333. The van der Waals surface area contributed by atoms with Crippen molar-refractivity contribution in [1.29, 1.82) is 0 Å². The van der Waals surface area contributed by atoms with Gasteiger partial charge in [-0.05, 0) is 43.4 Å². The molecule has 1 saturated carbocycles. The van der Waals surface area contributed by atoms with E-state index in [1.54, 1.807) is 24.3 Å². The Morgan fingerprint density at radius 3 is 2.55 bits per heavy atom. The molecule has 2 aromatic carbocycles. The Kier molecular flexibility index (Phi) is 6.49. The first-order chi connectivity index (χ1) is 13.9. The van der Waals surface area contributed by atoms with Crippen molar-refractivity contribution < 1.29 is 14.5 Å². The molecular formula is C21H22ClN3O4. The zero-order valence-electron chi connectivity index (χ0n) is 16.1. The number of hydrogen-bond donors (Lipinski definition) is 1. The number of hydrogen-bond acceptors (Lipinski definition) is 4. The van der Waals surface area contributed by atoms with E-state index in [-0.39, 0.29) is 22.2 Å². The SMILES string of the molecule is CCCN(CC1CC1)C(=O)c1ccccc1NC(=O)c1ccc([N+](=O)[O-])cc1Cl. The van der Waals surface area contributed by atoms with Gasteiger partial charge in [-0.3, -0.25) is 19.7 Å².